The topological polar surface area (TPSA) is 172 Å². The Labute approximate surface area is 321 Å². The minimum absolute atomic E-state index is 0.139. The highest BCUT2D eigenvalue weighted by molar-refractivity contribution is 7.47. The molecule has 11 nitrogen and oxygen atoms in total. The fourth-order valence-corrected chi connectivity index (χ4v) is 6.38. The fraction of sp³-hybridized carbons (Fsp3) is 0.829. The number of esters is 2. The van der Waals surface area contributed by atoms with E-state index in [0.29, 0.717) is 12.8 Å². The van der Waals surface area contributed by atoms with Gasteiger partial charge < -0.3 is 25.2 Å². The van der Waals surface area contributed by atoms with Gasteiger partial charge in [0.1, 0.15) is 12.6 Å². The second-order valence-corrected chi connectivity index (χ2v) is 15.6. The third-order valence-electron chi connectivity index (χ3n) is 8.94. The van der Waals surface area contributed by atoms with Gasteiger partial charge >= 0.3 is 25.7 Å². The van der Waals surface area contributed by atoms with E-state index < -0.39 is 51.1 Å². The summed E-state index contributed by atoms with van der Waals surface area (Å²) in [5.41, 5.74) is 5.32. The van der Waals surface area contributed by atoms with Crippen LogP contribution in [0.5, 0.6) is 0 Å². The third-order valence-corrected chi connectivity index (χ3v) is 9.89. The van der Waals surface area contributed by atoms with Gasteiger partial charge in [-0.05, 0) is 51.4 Å². The molecule has 0 aliphatic carbocycles. The van der Waals surface area contributed by atoms with Gasteiger partial charge in [-0.25, -0.2) is 4.57 Å². The lowest BCUT2D eigenvalue weighted by Crippen LogP contribution is -2.34. The number of hydrogen-bond acceptors (Lipinski definition) is 9. The number of allylic oxidation sites excluding steroid dienone is 4. The maximum absolute atomic E-state index is 12.6. The van der Waals surface area contributed by atoms with Gasteiger partial charge in [-0.3, -0.25) is 23.4 Å². The number of carbonyl (C=O) groups excluding carboxylic acids is 2. The van der Waals surface area contributed by atoms with Crippen molar-refractivity contribution in [3.8, 4) is 0 Å². The molecule has 3 atom stereocenters. The fourth-order valence-electron chi connectivity index (χ4n) is 5.61. The molecule has 0 fully saturated rings. The summed E-state index contributed by atoms with van der Waals surface area (Å²) in [4.78, 5) is 45.8. The van der Waals surface area contributed by atoms with Crippen molar-refractivity contribution in [2.24, 2.45) is 5.73 Å². The molecule has 0 aliphatic heterocycles. The van der Waals surface area contributed by atoms with E-state index >= 15 is 0 Å². The lowest BCUT2D eigenvalue weighted by atomic mass is 10.1. The third kappa shape index (κ3) is 36.7. The van der Waals surface area contributed by atoms with Crippen LogP contribution in [0.1, 0.15) is 187 Å². The highest BCUT2D eigenvalue weighted by Gasteiger charge is 2.28. The zero-order valence-electron chi connectivity index (χ0n) is 33.4. The minimum Gasteiger partial charge on any atom is -0.480 e. The molecule has 0 bridgehead atoms. The van der Waals surface area contributed by atoms with Crippen molar-refractivity contribution in [2.75, 3.05) is 19.8 Å². The molecule has 12 heteroatoms. The Kier molecular flexibility index (Phi) is 35.5. The van der Waals surface area contributed by atoms with Gasteiger partial charge in [-0.1, -0.05) is 147 Å². The first-order valence-electron chi connectivity index (χ1n) is 20.9. The molecule has 0 spiro atoms. The molecule has 0 heterocycles. The average Bonchev–Trinajstić information content (AvgIpc) is 3.13. The SMILES string of the molecule is CCCCCCC/C=C/CCCCCCCC(=O)O[C@H](COC(=O)CC/C=C/CCCCCCCCCCCCC)COP(=O)(O)OC[C@H](N)C(=O)O. The summed E-state index contributed by atoms with van der Waals surface area (Å²) in [5.74, 6) is -2.44. The summed E-state index contributed by atoms with van der Waals surface area (Å²) in [6.07, 6.45) is 36.8. The molecule has 0 saturated carbocycles. The normalized spacial score (nSPS) is 14.0. The van der Waals surface area contributed by atoms with Gasteiger partial charge in [0.15, 0.2) is 6.10 Å². The first-order valence-corrected chi connectivity index (χ1v) is 22.4. The number of carboxylic acids is 1. The monoisotopic (exact) mass is 774 g/mol. The number of carbonyl (C=O) groups is 3. The van der Waals surface area contributed by atoms with Crippen molar-refractivity contribution >= 4 is 25.7 Å². The summed E-state index contributed by atoms with van der Waals surface area (Å²) in [7, 11) is -4.72. The van der Waals surface area contributed by atoms with Crippen LogP contribution in [-0.2, 0) is 37.5 Å². The zero-order valence-corrected chi connectivity index (χ0v) is 34.3. The quantitative estimate of drug-likeness (QED) is 0.0235. The van der Waals surface area contributed by atoms with E-state index in [2.05, 4.69) is 36.6 Å². The van der Waals surface area contributed by atoms with E-state index in [4.69, 9.17) is 24.8 Å². The predicted octanol–water partition coefficient (Wildman–Crippen LogP) is 10.7. The van der Waals surface area contributed by atoms with Crippen LogP contribution in [0, 0.1) is 0 Å². The largest absolute Gasteiger partial charge is 0.480 e. The Morgan fingerprint density at radius 2 is 0.981 bits per heavy atom. The molecule has 0 saturated heterocycles. The summed E-state index contributed by atoms with van der Waals surface area (Å²) in [6, 6.07) is -1.52. The van der Waals surface area contributed by atoms with Crippen molar-refractivity contribution in [2.45, 2.75) is 199 Å². The number of unbranched alkanes of at least 4 members (excludes halogenated alkanes) is 21. The van der Waals surface area contributed by atoms with Gasteiger partial charge in [0.2, 0.25) is 0 Å². The lowest BCUT2D eigenvalue weighted by molar-refractivity contribution is -0.161. The van der Waals surface area contributed by atoms with Crippen molar-refractivity contribution in [3.05, 3.63) is 24.3 Å². The number of ether oxygens (including phenoxy) is 2. The molecule has 0 aromatic heterocycles. The molecule has 310 valence electrons. The number of phosphoric acid groups is 1. The smallest absolute Gasteiger partial charge is 0.472 e. The van der Waals surface area contributed by atoms with Crippen molar-refractivity contribution in [1.29, 1.82) is 0 Å². The number of rotatable bonds is 39. The molecule has 1 unspecified atom stereocenters. The molecule has 53 heavy (non-hydrogen) atoms. The maximum Gasteiger partial charge on any atom is 0.472 e. The highest BCUT2D eigenvalue weighted by Crippen LogP contribution is 2.43. The maximum atomic E-state index is 12.6. The summed E-state index contributed by atoms with van der Waals surface area (Å²) < 4.78 is 32.6. The first-order chi connectivity index (χ1) is 25.6. The number of phosphoric ester groups is 1. The Bertz CT molecular complexity index is 1010. The van der Waals surface area contributed by atoms with Crippen molar-refractivity contribution < 1.29 is 47.5 Å². The average molecular weight is 774 g/mol. The Morgan fingerprint density at radius 3 is 1.45 bits per heavy atom. The van der Waals surface area contributed by atoms with E-state index in [9.17, 15) is 23.8 Å². The Balaban J connectivity index is 4.43. The van der Waals surface area contributed by atoms with Crippen LogP contribution < -0.4 is 5.73 Å². The van der Waals surface area contributed by atoms with Gasteiger partial charge in [-0.15, -0.1) is 0 Å². The summed E-state index contributed by atoms with van der Waals surface area (Å²) >= 11 is 0. The molecule has 0 radical (unpaired) electrons. The molecule has 0 aromatic rings. The minimum atomic E-state index is -4.72. The van der Waals surface area contributed by atoms with E-state index in [-0.39, 0.29) is 19.4 Å². The molecule has 0 aromatic carbocycles. The number of nitrogens with two attached hydrogens (primary N) is 1. The van der Waals surface area contributed by atoms with E-state index in [1.165, 1.54) is 96.3 Å². The summed E-state index contributed by atoms with van der Waals surface area (Å²) in [5, 5.41) is 8.87. The molecule has 0 amide bonds. The molecular weight excluding hydrogens is 697 g/mol. The zero-order chi connectivity index (χ0) is 39.3. The Hall–Kier alpha value is -2.04. The predicted molar refractivity (Wildman–Crippen MR) is 212 cm³/mol. The van der Waals surface area contributed by atoms with Crippen molar-refractivity contribution in [3.63, 3.8) is 0 Å². The molecule has 0 aliphatic rings. The standard InChI is InChI=1S/C41H76NO10P/c1-3-5-7-9-11-13-15-17-19-21-22-24-26-28-30-32-39(43)49-34-37(35-50-53(47,48)51-36-38(42)41(45)46)52-40(44)33-31-29-27-25-23-20-18-16-14-12-10-8-6-4-2/h16,18,26,28,37-38H,3-15,17,19-25,27,29-36,42H2,1-2H3,(H,45,46)(H,47,48)/b18-16+,28-26+/t37-,38+/m1/s1. The second kappa shape index (κ2) is 36.9. The summed E-state index contributed by atoms with van der Waals surface area (Å²) in [6.45, 7) is 2.75. The van der Waals surface area contributed by atoms with E-state index in [0.717, 1.165) is 51.4 Å². The Morgan fingerprint density at radius 1 is 0.566 bits per heavy atom. The number of hydrogen-bond donors (Lipinski definition) is 3. The van der Waals surface area contributed by atoms with Gasteiger partial charge in [0.25, 0.3) is 0 Å². The van der Waals surface area contributed by atoms with Crippen LogP contribution in [0.4, 0.5) is 0 Å². The molecular formula is C41H76NO10P. The van der Waals surface area contributed by atoms with Gasteiger partial charge in [-0.2, -0.15) is 0 Å². The van der Waals surface area contributed by atoms with Gasteiger partial charge in [0.05, 0.1) is 13.2 Å². The van der Waals surface area contributed by atoms with Crippen molar-refractivity contribution in [1.82, 2.24) is 0 Å². The number of aliphatic carboxylic acids is 1. The van der Waals surface area contributed by atoms with Gasteiger partial charge in [0, 0.05) is 12.8 Å². The van der Waals surface area contributed by atoms with E-state index in [1.807, 2.05) is 6.08 Å². The van der Waals surface area contributed by atoms with Crippen LogP contribution in [0.15, 0.2) is 24.3 Å². The second-order valence-electron chi connectivity index (χ2n) is 14.1. The molecule has 0 rings (SSSR count). The van der Waals surface area contributed by atoms with Crippen LogP contribution in [0.3, 0.4) is 0 Å². The lowest BCUT2D eigenvalue weighted by Gasteiger charge is -2.20. The van der Waals surface area contributed by atoms with Crippen LogP contribution in [0.25, 0.3) is 0 Å². The number of carboxylic acid groups (broad SMARTS) is 1. The van der Waals surface area contributed by atoms with Crippen LogP contribution in [-0.4, -0.2) is 59.9 Å². The first kappa shape index (κ1) is 51.0. The van der Waals surface area contributed by atoms with Crippen LogP contribution >= 0.6 is 7.82 Å². The molecule has 4 N–H and O–H groups in total. The highest BCUT2D eigenvalue weighted by atomic mass is 31.2. The van der Waals surface area contributed by atoms with Crippen LogP contribution in [0.2, 0.25) is 0 Å². The van der Waals surface area contributed by atoms with E-state index in [1.54, 1.807) is 0 Å².